The average Bonchev–Trinajstić information content (AvgIpc) is 3.30. The molecule has 1 aromatic heterocycles. The summed E-state index contributed by atoms with van der Waals surface area (Å²) in [4.78, 5) is 19.3. The van der Waals surface area contributed by atoms with Crippen LogP contribution in [0.4, 0.5) is 4.79 Å². The molecule has 2 amide bonds. The van der Waals surface area contributed by atoms with Crippen molar-refractivity contribution < 1.29 is 13.9 Å². The topological polar surface area (TPSA) is 49.2 Å². The highest BCUT2D eigenvalue weighted by Crippen LogP contribution is 2.34. The standard InChI is InChI=1S/C18H27N3O3/c22-17(20-6-1-2-7-20)21-9-11-23-15-18(14-21)5-8-19(13-18)12-16-4-3-10-24-16/h3-4,10H,1-2,5-9,11-15H2. The minimum atomic E-state index is 0.0679. The van der Waals surface area contributed by atoms with Gasteiger partial charge in [0.15, 0.2) is 0 Å². The van der Waals surface area contributed by atoms with E-state index in [1.54, 1.807) is 6.26 Å². The second-order valence-corrected chi connectivity index (χ2v) is 7.49. The molecule has 3 fully saturated rings. The first kappa shape index (κ1) is 16.0. The third kappa shape index (κ3) is 3.30. The maximum atomic E-state index is 12.8. The van der Waals surface area contributed by atoms with Crippen LogP contribution in [0.5, 0.6) is 0 Å². The van der Waals surface area contributed by atoms with Crippen LogP contribution < -0.4 is 0 Å². The largest absolute Gasteiger partial charge is 0.468 e. The van der Waals surface area contributed by atoms with Gasteiger partial charge in [0, 0.05) is 38.1 Å². The lowest BCUT2D eigenvalue weighted by Gasteiger charge is -2.34. The van der Waals surface area contributed by atoms with Crippen molar-refractivity contribution in [2.24, 2.45) is 5.41 Å². The Morgan fingerprint density at radius 1 is 1.12 bits per heavy atom. The smallest absolute Gasteiger partial charge is 0.320 e. The Morgan fingerprint density at radius 2 is 2.00 bits per heavy atom. The number of ether oxygens (including phenoxy) is 1. The molecule has 3 aliphatic heterocycles. The molecule has 0 aliphatic carbocycles. The molecule has 6 heteroatoms. The lowest BCUT2D eigenvalue weighted by Crippen LogP contribution is -2.48. The molecule has 3 saturated heterocycles. The van der Waals surface area contributed by atoms with Gasteiger partial charge >= 0.3 is 6.03 Å². The molecule has 1 spiro atoms. The van der Waals surface area contributed by atoms with E-state index in [-0.39, 0.29) is 11.4 Å². The quantitative estimate of drug-likeness (QED) is 0.831. The summed E-state index contributed by atoms with van der Waals surface area (Å²) in [6, 6.07) is 4.17. The normalized spacial score (nSPS) is 28.7. The van der Waals surface area contributed by atoms with Gasteiger partial charge in [-0.05, 0) is 37.9 Å². The van der Waals surface area contributed by atoms with E-state index in [0.717, 1.165) is 77.4 Å². The second-order valence-electron chi connectivity index (χ2n) is 7.49. The van der Waals surface area contributed by atoms with Crippen molar-refractivity contribution in [1.29, 1.82) is 0 Å². The molecule has 4 rings (SSSR count). The van der Waals surface area contributed by atoms with E-state index in [4.69, 9.17) is 9.15 Å². The van der Waals surface area contributed by atoms with E-state index in [1.165, 1.54) is 0 Å². The molecule has 0 bridgehead atoms. The number of rotatable bonds is 2. The Bertz CT molecular complexity index is 556. The first-order chi connectivity index (χ1) is 11.7. The third-order valence-corrected chi connectivity index (χ3v) is 5.56. The van der Waals surface area contributed by atoms with Crippen LogP contribution in [0.1, 0.15) is 25.0 Å². The fraction of sp³-hybridized carbons (Fsp3) is 0.722. The molecule has 3 aliphatic rings. The molecule has 6 nitrogen and oxygen atoms in total. The third-order valence-electron chi connectivity index (χ3n) is 5.56. The van der Waals surface area contributed by atoms with Crippen LogP contribution in [0.2, 0.25) is 0 Å². The van der Waals surface area contributed by atoms with E-state index in [9.17, 15) is 4.79 Å². The number of likely N-dealkylation sites (tertiary alicyclic amines) is 2. The van der Waals surface area contributed by atoms with E-state index < -0.39 is 0 Å². The highest BCUT2D eigenvalue weighted by molar-refractivity contribution is 5.74. The van der Waals surface area contributed by atoms with Crippen molar-refractivity contribution in [2.75, 3.05) is 52.5 Å². The van der Waals surface area contributed by atoms with E-state index in [0.29, 0.717) is 6.61 Å². The maximum Gasteiger partial charge on any atom is 0.320 e. The Hall–Kier alpha value is -1.53. The lowest BCUT2D eigenvalue weighted by atomic mass is 9.87. The van der Waals surface area contributed by atoms with Gasteiger partial charge in [-0.1, -0.05) is 0 Å². The number of amides is 2. The first-order valence-corrected chi connectivity index (χ1v) is 9.11. The van der Waals surface area contributed by atoms with Gasteiger partial charge < -0.3 is 19.0 Å². The van der Waals surface area contributed by atoms with Crippen LogP contribution in [0.15, 0.2) is 22.8 Å². The molecule has 1 unspecified atom stereocenters. The Morgan fingerprint density at radius 3 is 2.79 bits per heavy atom. The Balaban J connectivity index is 1.41. The summed E-state index contributed by atoms with van der Waals surface area (Å²) in [7, 11) is 0. The minimum Gasteiger partial charge on any atom is -0.468 e. The van der Waals surface area contributed by atoms with Gasteiger partial charge in [-0.25, -0.2) is 4.79 Å². The summed E-state index contributed by atoms with van der Waals surface area (Å²) >= 11 is 0. The average molecular weight is 333 g/mol. The van der Waals surface area contributed by atoms with E-state index in [2.05, 4.69) is 4.90 Å². The van der Waals surface area contributed by atoms with Gasteiger partial charge in [-0.3, -0.25) is 4.90 Å². The minimum absolute atomic E-state index is 0.0679. The van der Waals surface area contributed by atoms with Crippen LogP contribution in [0, 0.1) is 5.41 Å². The molecular formula is C18H27N3O3. The summed E-state index contributed by atoms with van der Waals surface area (Å²) in [6.45, 7) is 7.61. The second kappa shape index (κ2) is 6.76. The molecule has 0 radical (unpaired) electrons. The molecule has 132 valence electrons. The predicted octanol–water partition coefficient (Wildman–Crippen LogP) is 2.02. The molecule has 0 N–H and O–H groups in total. The van der Waals surface area contributed by atoms with Gasteiger partial charge in [0.05, 0.1) is 26.0 Å². The first-order valence-electron chi connectivity index (χ1n) is 9.11. The summed E-state index contributed by atoms with van der Waals surface area (Å²) < 4.78 is 11.4. The summed E-state index contributed by atoms with van der Waals surface area (Å²) in [5, 5.41) is 0. The highest BCUT2D eigenvalue weighted by atomic mass is 16.5. The van der Waals surface area contributed by atoms with Gasteiger partial charge in [0.1, 0.15) is 5.76 Å². The Labute approximate surface area is 143 Å². The van der Waals surface area contributed by atoms with Gasteiger partial charge in [-0.2, -0.15) is 0 Å². The Kier molecular flexibility index (Phi) is 4.50. The van der Waals surface area contributed by atoms with Crippen LogP contribution in [0.3, 0.4) is 0 Å². The van der Waals surface area contributed by atoms with Crippen molar-refractivity contribution in [3.63, 3.8) is 0 Å². The number of furan rings is 1. The molecule has 0 saturated carbocycles. The number of hydrogen-bond acceptors (Lipinski definition) is 4. The van der Waals surface area contributed by atoms with Crippen LogP contribution in [-0.2, 0) is 11.3 Å². The van der Waals surface area contributed by atoms with E-state index in [1.807, 2.05) is 21.9 Å². The molecule has 4 heterocycles. The van der Waals surface area contributed by atoms with Gasteiger partial charge in [-0.15, -0.1) is 0 Å². The van der Waals surface area contributed by atoms with Crippen LogP contribution in [0.25, 0.3) is 0 Å². The predicted molar refractivity (Wildman–Crippen MR) is 89.6 cm³/mol. The van der Waals surface area contributed by atoms with Crippen molar-refractivity contribution in [3.8, 4) is 0 Å². The zero-order chi connectivity index (χ0) is 16.4. The summed E-state index contributed by atoms with van der Waals surface area (Å²) in [5.74, 6) is 1.01. The summed E-state index contributed by atoms with van der Waals surface area (Å²) in [6.07, 6.45) is 5.08. The lowest BCUT2D eigenvalue weighted by molar-refractivity contribution is 0.0705. The zero-order valence-electron chi connectivity index (χ0n) is 14.3. The zero-order valence-corrected chi connectivity index (χ0v) is 14.3. The number of nitrogens with zero attached hydrogens (tertiary/aromatic N) is 3. The van der Waals surface area contributed by atoms with Gasteiger partial charge in [0.2, 0.25) is 0 Å². The molecule has 0 aromatic carbocycles. The van der Waals surface area contributed by atoms with Crippen molar-refractivity contribution in [2.45, 2.75) is 25.8 Å². The molecule has 1 aromatic rings. The monoisotopic (exact) mass is 333 g/mol. The highest BCUT2D eigenvalue weighted by Gasteiger charge is 2.43. The van der Waals surface area contributed by atoms with Gasteiger partial charge in [0.25, 0.3) is 0 Å². The summed E-state index contributed by atoms with van der Waals surface area (Å²) in [5.41, 5.74) is 0.0679. The van der Waals surface area contributed by atoms with Crippen molar-refractivity contribution in [1.82, 2.24) is 14.7 Å². The molecule has 24 heavy (non-hydrogen) atoms. The molecule has 1 atom stereocenters. The van der Waals surface area contributed by atoms with Crippen LogP contribution in [-0.4, -0.2) is 73.2 Å². The fourth-order valence-electron chi connectivity index (χ4n) is 4.30. The SMILES string of the molecule is O=C(N1CCCC1)N1CCOCC2(CCN(Cc3ccco3)C2)C1. The maximum absolute atomic E-state index is 12.8. The number of carbonyl (C=O) groups is 1. The van der Waals surface area contributed by atoms with E-state index >= 15 is 0 Å². The number of urea groups is 1. The molecular weight excluding hydrogens is 306 g/mol. The number of carbonyl (C=O) groups excluding carboxylic acids is 1. The van der Waals surface area contributed by atoms with Crippen molar-refractivity contribution in [3.05, 3.63) is 24.2 Å². The number of hydrogen-bond donors (Lipinski definition) is 0. The van der Waals surface area contributed by atoms with Crippen LogP contribution >= 0.6 is 0 Å². The van der Waals surface area contributed by atoms with Crippen molar-refractivity contribution >= 4 is 6.03 Å². The fourth-order valence-corrected chi connectivity index (χ4v) is 4.30.